The molecule has 2 aromatic rings. The van der Waals surface area contributed by atoms with E-state index in [0.717, 1.165) is 25.3 Å². The third-order valence-electron chi connectivity index (χ3n) is 4.15. The van der Waals surface area contributed by atoms with E-state index < -0.39 is 0 Å². The normalized spacial score (nSPS) is 18.1. The predicted octanol–water partition coefficient (Wildman–Crippen LogP) is 3.69. The van der Waals surface area contributed by atoms with E-state index >= 15 is 0 Å². The van der Waals surface area contributed by atoms with Crippen molar-refractivity contribution in [2.24, 2.45) is 0 Å². The van der Waals surface area contributed by atoms with E-state index in [0.29, 0.717) is 5.92 Å². The molecule has 3 rings (SSSR count). The van der Waals surface area contributed by atoms with Gasteiger partial charge in [-0.05, 0) is 30.0 Å². The van der Waals surface area contributed by atoms with Crippen molar-refractivity contribution >= 4 is 0 Å². The number of hydrogen-bond acceptors (Lipinski definition) is 2. The van der Waals surface area contributed by atoms with E-state index in [4.69, 9.17) is 4.74 Å². The average molecular weight is 281 g/mol. The summed E-state index contributed by atoms with van der Waals surface area (Å²) in [5.74, 6) is 1.58. The van der Waals surface area contributed by atoms with Gasteiger partial charge in [0.1, 0.15) is 11.9 Å². The first-order valence-corrected chi connectivity index (χ1v) is 7.74. The summed E-state index contributed by atoms with van der Waals surface area (Å²) >= 11 is 0. The SMILES string of the molecule is Cc1ccc2c(c1)CC(CNCC(C)c1ccccc1)O2. The number of fused-ring (bicyclic) bond motifs is 1. The lowest BCUT2D eigenvalue weighted by Gasteiger charge is -2.16. The van der Waals surface area contributed by atoms with Gasteiger partial charge in [0.2, 0.25) is 0 Å². The molecule has 1 aliphatic rings. The Bertz CT molecular complexity index is 594. The predicted molar refractivity (Wildman–Crippen MR) is 87.0 cm³/mol. The molecule has 2 heteroatoms. The zero-order valence-electron chi connectivity index (χ0n) is 12.8. The van der Waals surface area contributed by atoms with Crippen molar-refractivity contribution < 1.29 is 4.74 Å². The maximum atomic E-state index is 5.99. The molecule has 0 saturated heterocycles. The summed E-state index contributed by atoms with van der Waals surface area (Å²) in [6.45, 7) is 6.29. The maximum Gasteiger partial charge on any atom is 0.123 e. The molecule has 1 aliphatic heterocycles. The monoisotopic (exact) mass is 281 g/mol. The van der Waals surface area contributed by atoms with Crippen molar-refractivity contribution in [2.75, 3.05) is 13.1 Å². The highest BCUT2D eigenvalue weighted by atomic mass is 16.5. The molecule has 0 aromatic heterocycles. The van der Waals surface area contributed by atoms with Crippen molar-refractivity contribution in [2.45, 2.75) is 32.3 Å². The largest absolute Gasteiger partial charge is 0.488 e. The first-order chi connectivity index (χ1) is 10.2. The number of hydrogen-bond donors (Lipinski definition) is 1. The van der Waals surface area contributed by atoms with Gasteiger partial charge in [0.15, 0.2) is 0 Å². The number of ether oxygens (including phenoxy) is 1. The molecule has 110 valence electrons. The van der Waals surface area contributed by atoms with Gasteiger partial charge in [-0.25, -0.2) is 0 Å². The number of rotatable bonds is 5. The Morgan fingerprint density at radius 3 is 2.81 bits per heavy atom. The van der Waals surface area contributed by atoms with Gasteiger partial charge in [-0.3, -0.25) is 0 Å². The first kappa shape index (κ1) is 14.2. The minimum atomic E-state index is 0.268. The van der Waals surface area contributed by atoms with Crippen LogP contribution in [0.5, 0.6) is 5.75 Å². The van der Waals surface area contributed by atoms with Gasteiger partial charge >= 0.3 is 0 Å². The van der Waals surface area contributed by atoms with E-state index in [9.17, 15) is 0 Å². The van der Waals surface area contributed by atoms with E-state index in [1.807, 2.05) is 0 Å². The van der Waals surface area contributed by atoms with Gasteiger partial charge in [-0.1, -0.05) is 55.0 Å². The number of benzene rings is 2. The summed E-state index contributed by atoms with van der Waals surface area (Å²) < 4.78 is 5.99. The molecule has 0 aliphatic carbocycles. The molecule has 0 amide bonds. The van der Waals surface area contributed by atoms with E-state index in [2.05, 4.69) is 67.7 Å². The smallest absolute Gasteiger partial charge is 0.123 e. The van der Waals surface area contributed by atoms with Gasteiger partial charge in [-0.15, -0.1) is 0 Å². The molecule has 0 saturated carbocycles. The summed E-state index contributed by atoms with van der Waals surface area (Å²) in [6.07, 6.45) is 1.29. The van der Waals surface area contributed by atoms with Crippen LogP contribution in [0.15, 0.2) is 48.5 Å². The Balaban J connectivity index is 1.47. The molecule has 0 bridgehead atoms. The molecular formula is C19H23NO. The second kappa shape index (κ2) is 6.31. The third kappa shape index (κ3) is 3.45. The lowest BCUT2D eigenvalue weighted by molar-refractivity contribution is 0.227. The van der Waals surface area contributed by atoms with E-state index in [1.165, 1.54) is 16.7 Å². The fourth-order valence-electron chi connectivity index (χ4n) is 2.92. The van der Waals surface area contributed by atoms with Crippen LogP contribution in [0.1, 0.15) is 29.5 Å². The molecule has 2 atom stereocenters. The lowest BCUT2D eigenvalue weighted by Crippen LogP contribution is -2.32. The molecule has 0 fully saturated rings. The van der Waals surface area contributed by atoms with Crippen LogP contribution in [0.25, 0.3) is 0 Å². The van der Waals surface area contributed by atoms with E-state index in [1.54, 1.807) is 0 Å². The second-order valence-corrected chi connectivity index (χ2v) is 6.03. The van der Waals surface area contributed by atoms with Gasteiger partial charge in [-0.2, -0.15) is 0 Å². The summed E-state index contributed by atoms with van der Waals surface area (Å²) in [4.78, 5) is 0. The Hall–Kier alpha value is -1.80. The van der Waals surface area contributed by atoms with Crippen LogP contribution in [0.3, 0.4) is 0 Å². The van der Waals surface area contributed by atoms with Gasteiger partial charge in [0.25, 0.3) is 0 Å². The highest BCUT2D eigenvalue weighted by molar-refractivity contribution is 5.40. The molecule has 2 nitrogen and oxygen atoms in total. The highest BCUT2D eigenvalue weighted by Gasteiger charge is 2.22. The fraction of sp³-hybridized carbons (Fsp3) is 0.368. The number of aryl methyl sites for hydroxylation is 1. The Kier molecular flexibility index (Phi) is 4.26. The lowest BCUT2D eigenvalue weighted by atomic mass is 10.0. The Labute approximate surface area is 127 Å². The van der Waals surface area contributed by atoms with Gasteiger partial charge in [0.05, 0.1) is 0 Å². The van der Waals surface area contributed by atoms with Crippen LogP contribution in [-0.4, -0.2) is 19.2 Å². The minimum Gasteiger partial charge on any atom is -0.488 e. The Morgan fingerprint density at radius 1 is 1.19 bits per heavy atom. The molecule has 1 N–H and O–H groups in total. The summed E-state index contributed by atoms with van der Waals surface area (Å²) in [6, 6.07) is 17.1. The van der Waals surface area contributed by atoms with Crippen molar-refractivity contribution in [3.05, 3.63) is 65.2 Å². The van der Waals surface area contributed by atoms with Crippen LogP contribution in [0.4, 0.5) is 0 Å². The average Bonchev–Trinajstić information content (AvgIpc) is 2.89. The van der Waals surface area contributed by atoms with Crippen LogP contribution in [-0.2, 0) is 6.42 Å². The zero-order valence-corrected chi connectivity index (χ0v) is 12.8. The van der Waals surface area contributed by atoms with Crippen LogP contribution in [0.2, 0.25) is 0 Å². The zero-order chi connectivity index (χ0) is 14.7. The van der Waals surface area contributed by atoms with Crippen molar-refractivity contribution in [1.29, 1.82) is 0 Å². The summed E-state index contributed by atoms with van der Waals surface area (Å²) in [5.41, 5.74) is 4.04. The topological polar surface area (TPSA) is 21.3 Å². The van der Waals surface area contributed by atoms with Gasteiger partial charge in [0, 0.05) is 19.5 Å². The highest BCUT2D eigenvalue weighted by Crippen LogP contribution is 2.29. The number of nitrogens with one attached hydrogen (secondary N) is 1. The standard InChI is InChI=1S/C19H23NO/c1-14-8-9-19-17(10-14)11-18(21-19)13-20-12-15(2)16-6-4-3-5-7-16/h3-10,15,18,20H,11-13H2,1-2H3. The van der Waals surface area contributed by atoms with Crippen LogP contribution in [0, 0.1) is 6.92 Å². The van der Waals surface area contributed by atoms with Crippen LogP contribution < -0.4 is 10.1 Å². The molecule has 2 aromatic carbocycles. The second-order valence-electron chi connectivity index (χ2n) is 6.03. The third-order valence-corrected chi connectivity index (χ3v) is 4.15. The molecule has 21 heavy (non-hydrogen) atoms. The van der Waals surface area contributed by atoms with Gasteiger partial charge < -0.3 is 10.1 Å². The molecule has 0 spiro atoms. The van der Waals surface area contributed by atoms with Crippen LogP contribution >= 0.6 is 0 Å². The fourth-order valence-corrected chi connectivity index (χ4v) is 2.92. The quantitative estimate of drug-likeness (QED) is 0.902. The molecule has 2 unspecified atom stereocenters. The molecule has 1 heterocycles. The maximum absolute atomic E-state index is 5.99. The molecular weight excluding hydrogens is 258 g/mol. The van der Waals surface area contributed by atoms with Crippen molar-refractivity contribution in [3.8, 4) is 5.75 Å². The molecule has 0 radical (unpaired) electrons. The van der Waals surface area contributed by atoms with Crippen molar-refractivity contribution in [3.63, 3.8) is 0 Å². The van der Waals surface area contributed by atoms with E-state index in [-0.39, 0.29) is 6.10 Å². The minimum absolute atomic E-state index is 0.268. The first-order valence-electron chi connectivity index (χ1n) is 7.74. The Morgan fingerprint density at radius 2 is 2.00 bits per heavy atom. The summed E-state index contributed by atoms with van der Waals surface area (Å²) in [7, 11) is 0. The van der Waals surface area contributed by atoms with Crippen molar-refractivity contribution in [1.82, 2.24) is 5.32 Å². The summed E-state index contributed by atoms with van der Waals surface area (Å²) in [5, 5.41) is 3.55.